The van der Waals surface area contributed by atoms with Crippen LogP contribution in [0.1, 0.15) is 56.8 Å². The van der Waals surface area contributed by atoms with Crippen LogP contribution in [0.4, 0.5) is 5.82 Å². The molecular weight excluding hydrogens is 422 g/mol. The first-order chi connectivity index (χ1) is 16.2. The van der Waals surface area contributed by atoms with Gasteiger partial charge in [-0.05, 0) is 59.9 Å². The van der Waals surface area contributed by atoms with Gasteiger partial charge in [0.1, 0.15) is 5.75 Å². The van der Waals surface area contributed by atoms with Gasteiger partial charge in [0.2, 0.25) is 5.82 Å². The zero-order chi connectivity index (χ0) is 23.5. The van der Waals surface area contributed by atoms with Crippen LogP contribution in [-0.2, 0) is 0 Å². The van der Waals surface area contributed by atoms with Crippen molar-refractivity contribution in [1.82, 2.24) is 10.3 Å². The van der Waals surface area contributed by atoms with Gasteiger partial charge < -0.3 is 19.5 Å². The van der Waals surface area contributed by atoms with Gasteiger partial charge >= 0.3 is 0 Å². The second-order valence-electron chi connectivity index (χ2n) is 7.47. The molecule has 1 N–H and O–H groups in total. The molecule has 2 aromatic carbocycles. The maximum Gasteiger partial charge on any atom is 0.260 e. The molecule has 0 aliphatic heterocycles. The molecule has 176 valence electrons. The van der Waals surface area contributed by atoms with Crippen molar-refractivity contribution in [3.63, 3.8) is 0 Å². The molecule has 0 saturated heterocycles. The first-order valence-corrected chi connectivity index (χ1v) is 11.4. The van der Waals surface area contributed by atoms with Crippen LogP contribution in [0.5, 0.6) is 17.2 Å². The maximum atomic E-state index is 13.0. The minimum absolute atomic E-state index is 0.215. The van der Waals surface area contributed by atoms with Crippen molar-refractivity contribution in [3.05, 3.63) is 48.0 Å². The Balaban J connectivity index is 1.82. The Morgan fingerprint density at radius 2 is 1.58 bits per heavy atom. The number of hydrogen-bond acceptors (Lipinski definition) is 7. The van der Waals surface area contributed by atoms with Gasteiger partial charge in [0, 0.05) is 5.56 Å². The Morgan fingerprint density at radius 1 is 0.848 bits per heavy atom. The number of anilines is 1. The van der Waals surface area contributed by atoms with E-state index in [4.69, 9.17) is 18.8 Å². The van der Waals surface area contributed by atoms with Crippen LogP contribution < -0.4 is 19.5 Å². The molecule has 8 nitrogen and oxygen atoms in total. The Kier molecular flexibility index (Phi) is 9.11. The number of para-hydroxylation sites is 1. The second-order valence-corrected chi connectivity index (χ2v) is 7.47. The van der Waals surface area contributed by atoms with Crippen LogP contribution in [0.25, 0.3) is 11.3 Å². The molecule has 0 unspecified atom stereocenters. The lowest BCUT2D eigenvalue weighted by Gasteiger charge is -2.13. The van der Waals surface area contributed by atoms with Gasteiger partial charge in [0.25, 0.3) is 5.91 Å². The van der Waals surface area contributed by atoms with Gasteiger partial charge in [-0.25, -0.2) is 4.63 Å². The highest BCUT2D eigenvalue weighted by atomic mass is 16.6. The zero-order valence-electron chi connectivity index (χ0n) is 19.4. The predicted molar refractivity (Wildman–Crippen MR) is 126 cm³/mol. The Morgan fingerprint density at radius 3 is 2.33 bits per heavy atom. The number of aromatic nitrogens is 2. The Labute approximate surface area is 194 Å². The van der Waals surface area contributed by atoms with Gasteiger partial charge in [0.05, 0.1) is 25.4 Å². The van der Waals surface area contributed by atoms with E-state index in [9.17, 15) is 4.79 Å². The van der Waals surface area contributed by atoms with Crippen molar-refractivity contribution in [2.75, 3.05) is 25.1 Å². The Bertz CT molecular complexity index is 1030. The van der Waals surface area contributed by atoms with E-state index < -0.39 is 0 Å². The van der Waals surface area contributed by atoms with E-state index in [1.807, 2.05) is 38.1 Å². The minimum Gasteiger partial charge on any atom is -0.493 e. The summed E-state index contributed by atoms with van der Waals surface area (Å²) >= 11 is 0. The van der Waals surface area contributed by atoms with Crippen LogP contribution in [0.15, 0.2) is 47.1 Å². The van der Waals surface area contributed by atoms with Crippen LogP contribution in [0.3, 0.4) is 0 Å². The molecule has 0 aliphatic carbocycles. The SMILES string of the molecule is CCCCOc1ccccc1C(=O)Nc1nonc1-c1ccc(OCCC)c(OCCC)c1. The first-order valence-electron chi connectivity index (χ1n) is 11.4. The topological polar surface area (TPSA) is 95.7 Å². The number of ether oxygens (including phenoxy) is 3. The average molecular weight is 454 g/mol. The second kappa shape index (κ2) is 12.5. The lowest BCUT2D eigenvalue weighted by atomic mass is 10.1. The summed E-state index contributed by atoms with van der Waals surface area (Å²) in [4.78, 5) is 13.0. The molecule has 3 rings (SSSR count). The van der Waals surface area contributed by atoms with Gasteiger partial charge in [-0.2, -0.15) is 0 Å². The number of carbonyl (C=O) groups is 1. The molecule has 1 heterocycles. The van der Waals surface area contributed by atoms with E-state index in [1.165, 1.54) is 0 Å². The summed E-state index contributed by atoms with van der Waals surface area (Å²) in [5.74, 6) is 1.65. The van der Waals surface area contributed by atoms with E-state index in [0.29, 0.717) is 53.9 Å². The van der Waals surface area contributed by atoms with Crippen molar-refractivity contribution in [2.24, 2.45) is 0 Å². The van der Waals surface area contributed by atoms with Gasteiger partial charge in [0.15, 0.2) is 17.2 Å². The normalized spacial score (nSPS) is 10.6. The summed E-state index contributed by atoms with van der Waals surface area (Å²) in [6, 6.07) is 12.6. The summed E-state index contributed by atoms with van der Waals surface area (Å²) in [6.45, 7) is 7.86. The average Bonchev–Trinajstić information content (AvgIpc) is 3.30. The van der Waals surface area contributed by atoms with E-state index in [1.54, 1.807) is 18.2 Å². The van der Waals surface area contributed by atoms with Crippen LogP contribution in [0, 0.1) is 0 Å². The molecule has 0 radical (unpaired) electrons. The molecule has 1 amide bonds. The molecule has 0 aliphatic rings. The van der Waals surface area contributed by atoms with E-state index in [2.05, 4.69) is 22.6 Å². The summed E-state index contributed by atoms with van der Waals surface area (Å²) in [5, 5.41) is 10.7. The number of carbonyl (C=O) groups excluding carboxylic acids is 1. The van der Waals surface area contributed by atoms with Crippen molar-refractivity contribution >= 4 is 11.7 Å². The fourth-order valence-corrected chi connectivity index (χ4v) is 3.05. The third-order valence-corrected chi connectivity index (χ3v) is 4.75. The fourth-order valence-electron chi connectivity index (χ4n) is 3.05. The minimum atomic E-state index is -0.357. The molecular formula is C25H31N3O5. The van der Waals surface area contributed by atoms with Crippen LogP contribution in [0.2, 0.25) is 0 Å². The predicted octanol–water partition coefficient (Wildman–Crippen LogP) is 5.75. The largest absolute Gasteiger partial charge is 0.493 e. The molecule has 0 saturated carbocycles. The van der Waals surface area contributed by atoms with Gasteiger partial charge in [-0.3, -0.25) is 4.79 Å². The standard InChI is InChI=1S/C25H31N3O5/c1-4-7-16-32-20-11-9-8-10-19(20)25(29)26-24-23(27-33-28-24)18-12-13-21(30-14-5-2)22(17-18)31-15-6-3/h8-13,17H,4-7,14-16H2,1-3H3,(H,26,28,29). The molecule has 33 heavy (non-hydrogen) atoms. The number of hydrogen-bond donors (Lipinski definition) is 1. The van der Waals surface area contributed by atoms with Crippen molar-refractivity contribution in [1.29, 1.82) is 0 Å². The lowest BCUT2D eigenvalue weighted by Crippen LogP contribution is -2.14. The summed E-state index contributed by atoms with van der Waals surface area (Å²) in [6.07, 6.45) is 3.67. The number of rotatable bonds is 13. The number of benzene rings is 2. The number of nitrogens with zero attached hydrogens (tertiary/aromatic N) is 2. The molecule has 0 fully saturated rings. The monoisotopic (exact) mass is 453 g/mol. The van der Waals surface area contributed by atoms with Crippen molar-refractivity contribution in [2.45, 2.75) is 46.5 Å². The summed E-state index contributed by atoms with van der Waals surface area (Å²) < 4.78 is 22.4. The fraction of sp³-hybridized carbons (Fsp3) is 0.400. The summed E-state index contributed by atoms with van der Waals surface area (Å²) in [7, 11) is 0. The maximum absolute atomic E-state index is 13.0. The third kappa shape index (κ3) is 6.47. The van der Waals surface area contributed by atoms with E-state index in [0.717, 1.165) is 25.7 Å². The molecule has 0 atom stereocenters. The first kappa shape index (κ1) is 24.1. The highest BCUT2D eigenvalue weighted by Gasteiger charge is 2.20. The zero-order valence-corrected chi connectivity index (χ0v) is 19.4. The smallest absolute Gasteiger partial charge is 0.260 e. The van der Waals surface area contributed by atoms with Gasteiger partial charge in [-0.15, -0.1) is 0 Å². The van der Waals surface area contributed by atoms with Crippen LogP contribution >= 0.6 is 0 Å². The number of unbranched alkanes of at least 4 members (excludes halogenated alkanes) is 1. The van der Waals surface area contributed by atoms with Crippen LogP contribution in [-0.4, -0.2) is 36.0 Å². The van der Waals surface area contributed by atoms with Crippen molar-refractivity contribution < 1.29 is 23.6 Å². The molecule has 8 heteroatoms. The molecule has 1 aromatic heterocycles. The number of amides is 1. The summed E-state index contributed by atoms with van der Waals surface area (Å²) in [5.41, 5.74) is 1.50. The third-order valence-electron chi connectivity index (χ3n) is 4.75. The highest BCUT2D eigenvalue weighted by molar-refractivity contribution is 6.07. The van der Waals surface area contributed by atoms with E-state index in [-0.39, 0.29) is 11.7 Å². The van der Waals surface area contributed by atoms with E-state index >= 15 is 0 Å². The lowest BCUT2D eigenvalue weighted by molar-refractivity contribution is 0.102. The number of nitrogens with one attached hydrogen (secondary N) is 1. The molecule has 0 spiro atoms. The molecule has 0 bridgehead atoms. The molecule has 3 aromatic rings. The highest BCUT2D eigenvalue weighted by Crippen LogP contribution is 2.35. The van der Waals surface area contributed by atoms with Crippen molar-refractivity contribution in [3.8, 4) is 28.5 Å². The van der Waals surface area contributed by atoms with Gasteiger partial charge in [-0.1, -0.05) is 39.3 Å². The quantitative estimate of drug-likeness (QED) is 0.329. The Hall–Kier alpha value is -3.55.